The lowest BCUT2D eigenvalue weighted by Crippen LogP contribution is -2.30. The molecule has 1 unspecified atom stereocenters. The Hall–Kier alpha value is -3.67. The highest BCUT2D eigenvalue weighted by atomic mass is 16.6. The minimum atomic E-state index is -0.806. The first kappa shape index (κ1) is 75.3. The molecule has 0 amide bonds. The van der Waals surface area contributed by atoms with Gasteiger partial charge in [0.25, 0.3) is 0 Å². The van der Waals surface area contributed by atoms with Crippen LogP contribution < -0.4 is 0 Å². The van der Waals surface area contributed by atoms with Gasteiger partial charge in [-0.1, -0.05) is 304 Å². The van der Waals surface area contributed by atoms with E-state index in [1.807, 2.05) is 0 Å². The molecule has 79 heavy (non-hydrogen) atoms. The summed E-state index contributed by atoms with van der Waals surface area (Å²) in [6.45, 7) is 6.51. The van der Waals surface area contributed by atoms with Gasteiger partial charge in [-0.2, -0.15) is 0 Å². The number of unbranched alkanes of at least 4 members (excludes halogenated alkanes) is 34. The van der Waals surface area contributed by atoms with Crippen LogP contribution in [0, 0.1) is 0 Å². The summed E-state index contributed by atoms with van der Waals surface area (Å²) in [7, 11) is 0. The molecule has 0 aliphatic heterocycles. The molecule has 0 heterocycles. The van der Waals surface area contributed by atoms with Crippen molar-refractivity contribution in [3.05, 3.63) is 97.2 Å². The number of esters is 3. The second-order valence-electron chi connectivity index (χ2n) is 22.4. The number of carbonyl (C=O) groups excluding carboxylic acids is 3. The Morgan fingerprint density at radius 1 is 0.266 bits per heavy atom. The molecule has 454 valence electrons. The largest absolute Gasteiger partial charge is 0.462 e. The average Bonchev–Trinajstić information content (AvgIpc) is 3.45. The molecule has 0 N–H and O–H groups in total. The summed E-state index contributed by atoms with van der Waals surface area (Å²) in [6, 6.07) is 0. The van der Waals surface area contributed by atoms with Gasteiger partial charge in [0.05, 0.1) is 0 Å². The quantitative estimate of drug-likeness (QED) is 0.0261. The summed E-state index contributed by atoms with van der Waals surface area (Å²) in [4.78, 5) is 38.4. The summed E-state index contributed by atoms with van der Waals surface area (Å²) in [5.74, 6) is -0.933. The van der Waals surface area contributed by atoms with E-state index in [-0.39, 0.29) is 37.5 Å². The minimum Gasteiger partial charge on any atom is -0.462 e. The summed E-state index contributed by atoms with van der Waals surface area (Å²) in [6.07, 6.45) is 89.9. The Labute approximate surface area is 489 Å². The van der Waals surface area contributed by atoms with Gasteiger partial charge < -0.3 is 14.2 Å². The molecule has 0 saturated carbocycles. The monoisotopic (exact) mass is 1100 g/mol. The number of rotatable bonds is 61. The molecule has 0 aliphatic carbocycles. The number of ether oxygens (including phenoxy) is 3. The van der Waals surface area contributed by atoms with Crippen molar-refractivity contribution in [2.24, 2.45) is 0 Å². The number of carbonyl (C=O) groups is 3. The third kappa shape index (κ3) is 65.0. The van der Waals surface area contributed by atoms with Gasteiger partial charge in [0.2, 0.25) is 0 Å². The summed E-state index contributed by atoms with van der Waals surface area (Å²) in [5.41, 5.74) is 0. The van der Waals surface area contributed by atoms with E-state index in [1.54, 1.807) is 0 Å². The molecule has 0 aromatic rings. The van der Waals surface area contributed by atoms with E-state index >= 15 is 0 Å². The zero-order chi connectivity index (χ0) is 57.1. The van der Waals surface area contributed by atoms with Gasteiger partial charge in [-0.05, 0) is 103 Å². The fraction of sp³-hybridized carbons (Fsp3) is 0.740. The lowest BCUT2D eigenvalue weighted by Gasteiger charge is -2.18. The summed E-state index contributed by atoms with van der Waals surface area (Å²) < 4.78 is 16.9. The predicted octanol–water partition coefficient (Wildman–Crippen LogP) is 23.2. The molecule has 1 atom stereocenters. The Kier molecular flexibility index (Phi) is 63.7. The second kappa shape index (κ2) is 66.8. The molecule has 0 spiro atoms. The maximum atomic E-state index is 12.9. The van der Waals surface area contributed by atoms with E-state index in [0.717, 1.165) is 103 Å². The van der Waals surface area contributed by atoms with Crippen LogP contribution >= 0.6 is 0 Å². The van der Waals surface area contributed by atoms with Crippen molar-refractivity contribution in [3.8, 4) is 0 Å². The average molecular weight is 1100 g/mol. The Balaban J connectivity index is 4.44. The van der Waals surface area contributed by atoms with Crippen LogP contribution in [0.15, 0.2) is 97.2 Å². The third-order valence-electron chi connectivity index (χ3n) is 14.6. The normalized spacial score (nSPS) is 12.7. The van der Waals surface area contributed by atoms with Crippen LogP contribution in [-0.2, 0) is 28.6 Å². The topological polar surface area (TPSA) is 78.9 Å². The van der Waals surface area contributed by atoms with Crippen LogP contribution in [0.3, 0.4) is 0 Å². The number of hydrogen-bond donors (Lipinski definition) is 0. The summed E-state index contributed by atoms with van der Waals surface area (Å²) >= 11 is 0. The van der Waals surface area contributed by atoms with Crippen LogP contribution in [-0.4, -0.2) is 37.2 Å². The van der Waals surface area contributed by atoms with E-state index in [0.29, 0.717) is 19.3 Å². The van der Waals surface area contributed by atoms with E-state index in [4.69, 9.17) is 14.2 Å². The number of hydrogen-bond acceptors (Lipinski definition) is 6. The van der Waals surface area contributed by atoms with Gasteiger partial charge in [0.1, 0.15) is 13.2 Å². The third-order valence-corrected chi connectivity index (χ3v) is 14.6. The molecule has 0 radical (unpaired) electrons. The SMILES string of the molecule is CC/C=C\C/C=C\C/C=C\C/C=C\C/C=C\C/C=C\CCCCC(=O)OC(COC(=O)CCCCCCCCC/C=C\C/C=C\CCCCCC)COC(=O)CCCCCCCCCCCCCCCCCCCCCCCC. The zero-order valence-corrected chi connectivity index (χ0v) is 52.1. The van der Waals surface area contributed by atoms with Gasteiger partial charge in [-0.15, -0.1) is 0 Å². The van der Waals surface area contributed by atoms with Gasteiger partial charge in [0.15, 0.2) is 6.10 Å². The highest BCUT2D eigenvalue weighted by Crippen LogP contribution is 2.17. The maximum absolute atomic E-state index is 12.9. The lowest BCUT2D eigenvalue weighted by molar-refractivity contribution is -0.167. The molecule has 6 heteroatoms. The Morgan fingerprint density at radius 3 is 0.810 bits per heavy atom. The van der Waals surface area contributed by atoms with Crippen molar-refractivity contribution in [1.29, 1.82) is 0 Å². The molecule has 0 bridgehead atoms. The zero-order valence-electron chi connectivity index (χ0n) is 52.1. The van der Waals surface area contributed by atoms with Crippen LogP contribution in [0.4, 0.5) is 0 Å². The van der Waals surface area contributed by atoms with Crippen molar-refractivity contribution in [1.82, 2.24) is 0 Å². The molecule has 0 aromatic heterocycles. The highest BCUT2D eigenvalue weighted by Gasteiger charge is 2.19. The van der Waals surface area contributed by atoms with Gasteiger partial charge >= 0.3 is 17.9 Å². The van der Waals surface area contributed by atoms with E-state index < -0.39 is 6.10 Å². The molecule has 0 rings (SSSR count). The molecular weight excluding hydrogens is 973 g/mol. The first-order valence-electron chi connectivity index (χ1n) is 33.7. The van der Waals surface area contributed by atoms with Crippen molar-refractivity contribution >= 4 is 17.9 Å². The predicted molar refractivity (Wildman–Crippen MR) is 344 cm³/mol. The molecule has 0 aromatic carbocycles. The smallest absolute Gasteiger partial charge is 0.306 e. The lowest BCUT2D eigenvalue weighted by atomic mass is 10.0. The fourth-order valence-electron chi connectivity index (χ4n) is 9.54. The molecule has 0 aliphatic rings. The van der Waals surface area contributed by atoms with E-state index in [2.05, 4.69) is 118 Å². The molecule has 6 nitrogen and oxygen atoms in total. The van der Waals surface area contributed by atoms with E-state index in [9.17, 15) is 14.4 Å². The first-order chi connectivity index (χ1) is 39.0. The molecule has 0 fully saturated rings. The fourth-order valence-corrected chi connectivity index (χ4v) is 9.54. The minimum absolute atomic E-state index is 0.0955. The maximum Gasteiger partial charge on any atom is 0.306 e. The highest BCUT2D eigenvalue weighted by molar-refractivity contribution is 5.71. The molecular formula is C73H126O6. The first-order valence-corrected chi connectivity index (χ1v) is 33.7. The van der Waals surface area contributed by atoms with Crippen molar-refractivity contribution in [2.45, 2.75) is 335 Å². The second-order valence-corrected chi connectivity index (χ2v) is 22.4. The van der Waals surface area contributed by atoms with Crippen molar-refractivity contribution in [2.75, 3.05) is 13.2 Å². The van der Waals surface area contributed by atoms with Crippen molar-refractivity contribution < 1.29 is 28.6 Å². The van der Waals surface area contributed by atoms with Crippen LogP contribution in [0.25, 0.3) is 0 Å². The van der Waals surface area contributed by atoms with Crippen molar-refractivity contribution in [3.63, 3.8) is 0 Å². The van der Waals surface area contributed by atoms with Gasteiger partial charge in [0, 0.05) is 19.3 Å². The summed E-state index contributed by atoms with van der Waals surface area (Å²) in [5, 5.41) is 0. The van der Waals surface area contributed by atoms with Crippen LogP contribution in [0.5, 0.6) is 0 Å². The standard InChI is InChI=1S/C73H126O6/c1-4-7-10-13-16-19-22-25-28-31-34-36-38-39-42-45-48-51-54-57-60-63-66-72(75)78-69-70(68-77-71(74)65-62-59-56-53-50-47-44-41-33-30-27-24-21-18-15-12-9-6-3)79-73(76)67-64-61-58-55-52-49-46-43-40-37-35-32-29-26-23-20-17-14-11-8-5-2/h8,11,17,20-21,24,26,29-30,33,35,37,43,46,52,55,70H,4-7,9-10,12-16,18-19,22-23,25,27-28,31-32,34,36,38-42,44-45,47-51,53-54,56-69H2,1-3H3/b11-8-,20-17-,24-21-,29-26-,33-30-,37-35-,46-43-,55-52-. The van der Waals surface area contributed by atoms with Gasteiger partial charge in [-0.3, -0.25) is 14.4 Å². The van der Waals surface area contributed by atoms with E-state index in [1.165, 1.54) is 180 Å². The van der Waals surface area contributed by atoms with Gasteiger partial charge in [-0.25, -0.2) is 0 Å². The van der Waals surface area contributed by atoms with Crippen LogP contribution in [0.2, 0.25) is 0 Å². The Bertz CT molecular complexity index is 1540. The van der Waals surface area contributed by atoms with Crippen LogP contribution in [0.1, 0.15) is 329 Å². The molecule has 0 saturated heterocycles. The Morgan fingerprint density at radius 2 is 0.494 bits per heavy atom. The number of allylic oxidation sites excluding steroid dienone is 16.